The molecule has 2 amide bonds. The minimum Gasteiger partial charge on any atom is -0.465 e. The number of imide groups is 1. The van der Waals surface area contributed by atoms with E-state index in [1.165, 1.54) is 0 Å². The zero-order valence-electron chi connectivity index (χ0n) is 9.17. The molecule has 0 radical (unpaired) electrons. The Hall–Kier alpha value is -1.88. The summed E-state index contributed by atoms with van der Waals surface area (Å²) in [6.07, 6.45) is -0.604. The van der Waals surface area contributed by atoms with Crippen LogP contribution in [0.2, 0.25) is 0 Å². The summed E-state index contributed by atoms with van der Waals surface area (Å²) in [5.41, 5.74) is -1.27. The third-order valence-corrected chi connectivity index (χ3v) is 3.00. The Kier molecular flexibility index (Phi) is 2.85. The van der Waals surface area contributed by atoms with Crippen molar-refractivity contribution in [3.63, 3.8) is 0 Å². The van der Waals surface area contributed by atoms with Gasteiger partial charge in [0.1, 0.15) is 0 Å². The maximum Gasteiger partial charge on any atom is 0.414 e. The second-order valence-corrected chi connectivity index (χ2v) is 4.07. The number of hydrogen-bond acceptors (Lipinski definition) is 3. The monoisotopic (exact) mass is 235 g/mol. The van der Waals surface area contributed by atoms with E-state index in [4.69, 9.17) is 5.11 Å². The molecule has 0 aliphatic carbocycles. The number of benzene rings is 1. The summed E-state index contributed by atoms with van der Waals surface area (Å²) in [6, 6.07) is 8.45. The SMILES string of the molecule is O=C(O)N1CCCC(O)(c2ccccc2)C1=O. The fourth-order valence-corrected chi connectivity index (χ4v) is 2.09. The largest absolute Gasteiger partial charge is 0.465 e. The van der Waals surface area contributed by atoms with E-state index in [0.717, 1.165) is 0 Å². The first-order chi connectivity index (χ1) is 8.05. The Morgan fingerprint density at radius 3 is 2.53 bits per heavy atom. The third kappa shape index (κ3) is 1.89. The van der Waals surface area contributed by atoms with Crippen LogP contribution in [0, 0.1) is 0 Å². The predicted molar refractivity (Wildman–Crippen MR) is 59.3 cm³/mol. The van der Waals surface area contributed by atoms with Gasteiger partial charge in [-0.05, 0) is 18.4 Å². The molecular weight excluding hydrogens is 222 g/mol. The fraction of sp³-hybridized carbons (Fsp3) is 0.333. The molecule has 0 spiro atoms. The van der Waals surface area contributed by atoms with Gasteiger partial charge in [0.2, 0.25) is 0 Å². The molecule has 5 nitrogen and oxygen atoms in total. The molecule has 1 unspecified atom stereocenters. The van der Waals surface area contributed by atoms with Crippen LogP contribution in [0.15, 0.2) is 30.3 Å². The number of aliphatic hydroxyl groups is 1. The van der Waals surface area contributed by atoms with E-state index in [-0.39, 0.29) is 13.0 Å². The van der Waals surface area contributed by atoms with Crippen LogP contribution in [0.3, 0.4) is 0 Å². The highest BCUT2D eigenvalue weighted by Gasteiger charge is 2.45. The van der Waals surface area contributed by atoms with Crippen molar-refractivity contribution in [1.29, 1.82) is 0 Å². The molecular formula is C12H13NO4. The lowest BCUT2D eigenvalue weighted by Gasteiger charge is -2.35. The minimum atomic E-state index is -1.71. The number of carbonyl (C=O) groups is 2. The average molecular weight is 235 g/mol. The molecule has 1 atom stereocenters. The van der Waals surface area contributed by atoms with E-state index in [9.17, 15) is 14.7 Å². The van der Waals surface area contributed by atoms with Crippen molar-refractivity contribution in [3.05, 3.63) is 35.9 Å². The summed E-state index contributed by atoms with van der Waals surface area (Å²) in [6.45, 7) is 0.142. The number of likely N-dealkylation sites (tertiary alicyclic amines) is 1. The average Bonchev–Trinajstić information content (AvgIpc) is 2.33. The molecule has 0 bridgehead atoms. The lowest BCUT2D eigenvalue weighted by Crippen LogP contribution is -2.53. The highest BCUT2D eigenvalue weighted by molar-refractivity contribution is 5.97. The topological polar surface area (TPSA) is 77.8 Å². The Morgan fingerprint density at radius 2 is 1.94 bits per heavy atom. The van der Waals surface area contributed by atoms with Gasteiger partial charge in [-0.1, -0.05) is 30.3 Å². The number of amides is 2. The van der Waals surface area contributed by atoms with Gasteiger partial charge in [0.05, 0.1) is 0 Å². The highest BCUT2D eigenvalue weighted by Crippen LogP contribution is 2.32. The molecule has 0 aromatic heterocycles. The van der Waals surface area contributed by atoms with E-state index < -0.39 is 17.6 Å². The van der Waals surface area contributed by atoms with Gasteiger partial charge < -0.3 is 10.2 Å². The number of rotatable bonds is 1. The van der Waals surface area contributed by atoms with E-state index in [1.54, 1.807) is 30.3 Å². The minimum absolute atomic E-state index is 0.142. The lowest BCUT2D eigenvalue weighted by molar-refractivity contribution is -0.155. The van der Waals surface area contributed by atoms with Crippen LogP contribution in [0.1, 0.15) is 18.4 Å². The van der Waals surface area contributed by atoms with Crippen molar-refractivity contribution in [2.24, 2.45) is 0 Å². The molecule has 1 aliphatic heterocycles. The van der Waals surface area contributed by atoms with E-state index in [0.29, 0.717) is 16.9 Å². The Morgan fingerprint density at radius 1 is 1.29 bits per heavy atom. The van der Waals surface area contributed by atoms with E-state index in [1.807, 2.05) is 0 Å². The maximum atomic E-state index is 12.0. The standard InChI is InChI=1S/C12H13NO4/c14-10-12(17,9-5-2-1-3-6-9)7-4-8-13(10)11(15)16/h1-3,5-6,17H,4,7-8H2,(H,15,16). The van der Waals surface area contributed by atoms with E-state index in [2.05, 4.69) is 0 Å². The molecule has 2 N–H and O–H groups in total. The van der Waals surface area contributed by atoms with Crippen LogP contribution in [0.5, 0.6) is 0 Å². The molecule has 2 rings (SSSR count). The van der Waals surface area contributed by atoms with Gasteiger partial charge >= 0.3 is 6.09 Å². The Bertz CT molecular complexity index is 445. The van der Waals surface area contributed by atoms with Crippen LogP contribution in [0.4, 0.5) is 4.79 Å². The van der Waals surface area contributed by atoms with Crippen molar-refractivity contribution in [2.45, 2.75) is 18.4 Å². The van der Waals surface area contributed by atoms with Crippen LogP contribution in [-0.2, 0) is 10.4 Å². The normalized spacial score (nSPS) is 24.8. The van der Waals surface area contributed by atoms with Gasteiger partial charge in [-0.3, -0.25) is 4.79 Å². The summed E-state index contributed by atoms with van der Waals surface area (Å²) in [4.78, 5) is 23.5. The molecule has 1 fully saturated rings. The second kappa shape index (κ2) is 4.18. The van der Waals surface area contributed by atoms with Crippen molar-refractivity contribution in [2.75, 3.05) is 6.54 Å². The number of carbonyl (C=O) groups excluding carboxylic acids is 1. The molecule has 1 heterocycles. The first kappa shape index (κ1) is 11.6. The molecule has 17 heavy (non-hydrogen) atoms. The Labute approximate surface area is 98.3 Å². The second-order valence-electron chi connectivity index (χ2n) is 4.07. The summed E-state index contributed by atoms with van der Waals surface area (Å²) < 4.78 is 0. The molecule has 90 valence electrons. The molecule has 5 heteroatoms. The molecule has 1 aliphatic rings. The smallest absolute Gasteiger partial charge is 0.414 e. The number of nitrogens with zero attached hydrogens (tertiary/aromatic N) is 1. The van der Waals surface area contributed by atoms with Crippen LogP contribution in [-0.4, -0.2) is 33.7 Å². The summed E-state index contributed by atoms with van der Waals surface area (Å²) in [7, 11) is 0. The van der Waals surface area contributed by atoms with Gasteiger partial charge in [-0.15, -0.1) is 0 Å². The van der Waals surface area contributed by atoms with Crippen LogP contribution >= 0.6 is 0 Å². The molecule has 1 aromatic rings. The van der Waals surface area contributed by atoms with Crippen molar-refractivity contribution < 1.29 is 19.8 Å². The summed E-state index contributed by atoms with van der Waals surface area (Å²) >= 11 is 0. The van der Waals surface area contributed by atoms with Gasteiger partial charge in [0.15, 0.2) is 5.60 Å². The molecule has 0 saturated carbocycles. The summed E-state index contributed by atoms with van der Waals surface area (Å²) in [5.74, 6) is -0.762. The first-order valence-electron chi connectivity index (χ1n) is 5.38. The first-order valence-corrected chi connectivity index (χ1v) is 5.38. The van der Waals surface area contributed by atoms with Crippen molar-refractivity contribution >= 4 is 12.0 Å². The quantitative estimate of drug-likeness (QED) is 0.766. The van der Waals surface area contributed by atoms with Crippen LogP contribution in [0.25, 0.3) is 0 Å². The number of hydrogen-bond donors (Lipinski definition) is 2. The zero-order valence-corrected chi connectivity index (χ0v) is 9.17. The third-order valence-electron chi connectivity index (χ3n) is 3.00. The molecule has 1 saturated heterocycles. The number of piperidine rings is 1. The summed E-state index contributed by atoms with van der Waals surface area (Å²) in [5, 5.41) is 19.3. The Balaban J connectivity index is 2.37. The van der Waals surface area contributed by atoms with E-state index >= 15 is 0 Å². The van der Waals surface area contributed by atoms with Crippen molar-refractivity contribution in [1.82, 2.24) is 4.90 Å². The van der Waals surface area contributed by atoms with Gasteiger partial charge in [-0.2, -0.15) is 0 Å². The predicted octanol–water partition coefficient (Wildman–Crippen LogP) is 1.17. The van der Waals surface area contributed by atoms with Crippen LogP contribution < -0.4 is 0 Å². The highest BCUT2D eigenvalue weighted by atomic mass is 16.4. The maximum absolute atomic E-state index is 12.0. The van der Waals surface area contributed by atoms with Gasteiger partial charge in [-0.25, -0.2) is 9.69 Å². The number of carboxylic acid groups (broad SMARTS) is 1. The van der Waals surface area contributed by atoms with Crippen molar-refractivity contribution in [3.8, 4) is 0 Å². The van der Waals surface area contributed by atoms with Gasteiger partial charge in [0, 0.05) is 6.54 Å². The van der Waals surface area contributed by atoms with Gasteiger partial charge in [0.25, 0.3) is 5.91 Å². The lowest BCUT2D eigenvalue weighted by atomic mass is 9.85. The zero-order chi connectivity index (χ0) is 12.5. The molecule has 1 aromatic carbocycles. The fourth-order valence-electron chi connectivity index (χ4n) is 2.09.